The summed E-state index contributed by atoms with van der Waals surface area (Å²) in [7, 11) is 5.64. The maximum atomic E-state index is 13.6. The van der Waals surface area contributed by atoms with Crippen LogP contribution in [0.1, 0.15) is 27.2 Å². The lowest BCUT2D eigenvalue weighted by molar-refractivity contribution is -0.0492. The summed E-state index contributed by atoms with van der Waals surface area (Å²) in [5.41, 5.74) is 0.772. The van der Waals surface area contributed by atoms with Crippen molar-refractivity contribution in [2.75, 3.05) is 18.0 Å². The Bertz CT molecular complexity index is 433. The smallest absolute Gasteiger partial charge is 0.236 e. The molecule has 5 heteroatoms. The molecule has 0 aliphatic carbocycles. The molecule has 2 radical (unpaired) electrons. The molecule has 0 saturated carbocycles. The van der Waals surface area contributed by atoms with E-state index in [4.69, 9.17) is 12.6 Å². The van der Waals surface area contributed by atoms with E-state index in [1.54, 1.807) is 6.07 Å². The first-order chi connectivity index (χ1) is 8.35. The highest BCUT2D eigenvalue weighted by Crippen LogP contribution is 2.25. The predicted molar refractivity (Wildman–Crippen MR) is 71.0 cm³/mol. The van der Waals surface area contributed by atoms with Gasteiger partial charge >= 0.3 is 0 Å². The minimum atomic E-state index is -0.472. The average molecular weight is 248 g/mol. The molecule has 18 heavy (non-hydrogen) atoms. The fraction of sp³-hybridized carbons (Fsp3) is 0.615. The summed E-state index contributed by atoms with van der Waals surface area (Å²) >= 11 is 0. The molecule has 2 heterocycles. The van der Waals surface area contributed by atoms with Crippen LogP contribution in [0.25, 0.3) is 0 Å². The van der Waals surface area contributed by atoms with Crippen molar-refractivity contribution >= 4 is 19.0 Å². The molecule has 1 aromatic heterocycles. The average Bonchev–Trinajstić information content (AvgIpc) is 2.67. The van der Waals surface area contributed by atoms with E-state index < -0.39 is 5.95 Å². The summed E-state index contributed by atoms with van der Waals surface area (Å²) in [6, 6.07) is 1.63. The van der Waals surface area contributed by atoms with Gasteiger partial charge in [0.05, 0.1) is 17.4 Å². The van der Waals surface area contributed by atoms with E-state index in [2.05, 4.69) is 4.98 Å². The molecule has 1 aliphatic rings. The van der Waals surface area contributed by atoms with Crippen molar-refractivity contribution in [3.05, 3.63) is 18.2 Å². The topological polar surface area (TPSA) is 25.4 Å². The van der Waals surface area contributed by atoms with Gasteiger partial charge in [-0.3, -0.25) is 0 Å². The van der Waals surface area contributed by atoms with E-state index in [0.717, 1.165) is 13.0 Å². The van der Waals surface area contributed by atoms with E-state index in [1.165, 1.54) is 6.20 Å². The molecular formula is C13H18BFN2O. The van der Waals surface area contributed by atoms with Gasteiger partial charge in [0.1, 0.15) is 7.85 Å². The van der Waals surface area contributed by atoms with Crippen molar-refractivity contribution in [2.24, 2.45) is 0 Å². The number of anilines is 1. The van der Waals surface area contributed by atoms with Gasteiger partial charge in [-0.2, -0.15) is 4.39 Å². The molecule has 0 N–H and O–H groups in total. The summed E-state index contributed by atoms with van der Waals surface area (Å²) < 4.78 is 19.5. The van der Waals surface area contributed by atoms with Gasteiger partial charge in [-0.1, -0.05) is 5.46 Å². The lowest BCUT2D eigenvalue weighted by atomic mass is 9.98. The highest BCUT2D eigenvalue weighted by Gasteiger charge is 2.28. The van der Waals surface area contributed by atoms with Gasteiger partial charge in [-0.15, -0.1) is 0 Å². The molecule has 0 aromatic carbocycles. The summed E-state index contributed by atoms with van der Waals surface area (Å²) in [6.45, 7) is 7.52. The number of pyridine rings is 1. The van der Waals surface area contributed by atoms with Crippen molar-refractivity contribution in [1.29, 1.82) is 0 Å². The second-order valence-corrected chi connectivity index (χ2v) is 5.67. The van der Waals surface area contributed by atoms with Gasteiger partial charge in [-0.25, -0.2) is 4.98 Å². The summed E-state index contributed by atoms with van der Waals surface area (Å²) in [5.74, 6) is -0.472. The number of aromatic nitrogens is 1. The summed E-state index contributed by atoms with van der Waals surface area (Å²) in [5, 5.41) is 0. The minimum Gasteiger partial charge on any atom is -0.371 e. The van der Waals surface area contributed by atoms with Gasteiger partial charge in [-0.05, 0) is 33.3 Å². The van der Waals surface area contributed by atoms with E-state index in [9.17, 15) is 4.39 Å². The van der Waals surface area contributed by atoms with Crippen molar-refractivity contribution in [1.82, 2.24) is 4.98 Å². The first kappa shape index (κ1) is 13.3. The lowest BCUT2D eigenvalue weighted by Gasteiger charge is -2.25. The number of hydrogen-bond donors (Lipinski definition) is 0. The lowest BCUT2D eigenvalue weighted by Crippen LogP contribution is -2.30. The quantitative estimate of drug-likeness (QED) is 0.584. The maximum absolute atomic E-state index is 13.6. The molecule has 0 bridgehead atoms. The van der Waals surface area contributed by atoms with Gasteiger partial charge in [0, 0.05) is 19.3 Å². The van der Waals surface area contributed by atoms with Gasteiger partial charge in [0.2, 0.25) is 5.95 Å². The minimum absolute atomic E-state index is 0.130. The third-order valence-corrected chi connectivity index (χ3v) is 2.85. The molecule has 1 aliphatic heterocycles. The Morgan fingerprint density at radius 1 is 1.50 bits per heavy atom. The third kappa shape index (κ3) is 3.22. The third-order valence-electron chi connectivity index (χ3n) is 2.85. The van der Waals surface area contributed by atoms with Crippen LogP contribution < -0.4 is 10.4 Å². The highest BCUT2D eigenvalue weighted by molar-refractivity contribution is 6.32. The van der Waals surface area contributed by atoms with Crippen molar-refractivity contribution in [2.45, 2.75) is 38.9 Å². The Morgan fingerprint density at radius 3 is 2.89 bits per heavy atom. The summed E-state index contributed by atoms with van der Waals surface area (Å²) in [4.78, 5) is 5.59. The predicted octanol–water partition coefficient (Wildman–Crippen LogP) is 1.41. The molecule has 3 nitrogen and oxygen atoms in total. The van der Waals surface area contributed by atoms with E-state index in [1.807, 2.05) is 25.7 Å². The molecule has 1 atom stereocenters. The zero-order chi connectivity index (χ0) is 13.3. The molecular weight excluding hydrogens is 230 g/mol. The first-order valence-electron chi connectivity index (χ1n) is 6.19. The van der Waals surface area contributed by atoms with E-state index in [0.29, 0.717) is 17.7 Å². The number of rotatable bonds is 2. The number of halogens is 1. The van der Waals surface area contributed by atoms with Crippen molar-refractivity contribution in [3.63, 3.8) is 0 Å². The number of hydrogen-bond acceptors (Lipinski definition) is 3. The largest absolute Gasteiger partial charge is 0.371 e. The van der Waals surface area contributed by atoms with Gasteiger partial charge in [0.25, 0.3) is 0 Å². The zero-order valence-electron chi connectivity index (χ0n) is 11.1. The molecule has 2 rings (SSSR count). The normalized spacial score (nSPS) is 20.4. The summed E-state index contributed by atoms with van der Waals surface area (Å²) in [6.07, 6.45) is 2.36. The van der Waals surface area contributed by atoms with Crippen LogP contribution in [0.15, 0.2) is 12.3 Å². The molecule has 96 valence electrons. The Morgan fingerprint density at radius 2 is 2.22 bits per heavy atom. The van der Waals surface area contributed by atoms with Crippen LogP contribution in [0.5, 0.6) is 0 Å². The Hall–Kier alpha value is -1.10. The molecule has 0 spiro atoms. The Balaban J connectivity index is 2.06. The molecule has 1 saturated heterocycles. The van der Waals surface area contributed by atoms with Crippen molar-refractivity contribution in [3.8, 4) is 0 Å². The van der Waals surface area contributed by atoms with Crippen LogP contribution in [0.2, 0.25) is 0 Å². The molecule has 1 fully saturated rings. The van der Waals surface area contributed by atoms with Crippen LogP contribution in [0.4, 0.5) is 10.1 Å². The van der Waals surface area contributed by atoms with Gasteiger partial charge in [0.15, 0.2) is 0 Å². The van der Waals surface area contributed by atoms with Crippen LogP contribution >= 0.6 is 0 Å². The fourth-order valence-corrected chi connectivity index (χ4v) is 2.22. The van der Waals surface area contributed by atoms with Crippen LogP contribution in [0, 0.1) is 5.95 Å². The second-order valence-electron chi connectivity index (χ2n) is 5.67. The Labute approximate surface area is 109 Å². The highest BCUT2D eigenvalue weighted by atomic mass is 19.1. The Kier molecular flexibility index (Phi) is 3.62. The number of ether oxygens (including phenoxy) is 1. The maximum Gasteiger partial charge on any atom is 0.236 e. The van der Waals surface area contributed by atoms with Crippen molar-refractivity contribution < 1.29 is 9.13 Å². The van der Waals surface area contributed by atoms with E-state index >= 15 is 0 Å². The van der Waals surface area contributed by atoms with Gasteiger partial charge < -0.3 is 9.64 Å². The first-order valence-corrected chi connectivity index (χ1v) is 6.19. The SMILES string of the molecule is [B]c1cnc(F)c(N2CCC(OC(C)(C)C)C2)c1. The van der Waals surface area contributed by atoms with E-state index in [-0.39, 0.29) is 11.7 Å². The molecule has 0 amide bonds. The zero-order valence-corrected chi connectivity index (χ0v) is 11.1. The standard InChI is InChI=1S/C13H18BFN2O/c1-13(2,3)18-10-4-5-17(8-10)11-6-9(14)7-16-12(11)15/h6-7,10H,4-5,8H2,1-3H3. The number of nitrogens with zero attached hydrogens (tertiary/aromatic N) is 2. The van der Waals surface area contributed by atoms with Crippen LogP contribution in [-0.4, -0.2) is 37.6 Å². The fourth-order valence-electron chi connectivity index (χ4n) is 2.22. The molecule has 1 unspecified atom stereocenters. The monoisotopic (exact) mass is 248 g/mol. The second kappa shape index (κ2) is 4.88. The molecule has 1 aromatic rings. The van der Waals surface area contributed by atoms with Crippen LogP contribution in [0.3, 0.4) is 0 Å². The van der Waals surface area contributed by atoms with Crippen LogP contribution in [-0.2, 0) is 4.74 Å².